The van der Waals surface area contributed by atoms with Crippen LogP contribution in [0.15, 0.2) is 24.3 Å². The van der Waals surface area contributed by atoms with E-state index in [1.54, 1.807) is 7.05 Å². The highest BCUT2D eigenvalue weighted by atomic mass is 32.1. The second kappa shape index (κ2) is 5.66. The number of aliphatic carboxylic acids is 1. The first-order valence-electron chi connectivity index (χ1n) is 5.66. The van der Waals surface area contributed by atoms with Gasteiger partial charge in [0.25, 0.3) is 0 Å². The second-order valence-corrected chi connectivity index (χ2v) is 5.01. The number of nitrogens with zero attached hydrogens (tertiary/aromatic N) is 2. The fourth-order valence-corrected chi connectivity index (χ4v) is 2.33. The Morgan fingerprint density at radius 3 is 2.84 bits per heavy atom. The van der Waals surface area contributed by atoms with Gasteiger partial charge < -0.3 is 10.0 Å². The maximum Gasteiger partial charge on any atom is 0.323 e. The van der Waals surface area contributed by atoms with E-state index in [1.165, 1.54) is 16.2 Å². The number of benzene rings is 1. The topological polar surface area (TPSA) is 82.5 Å². The zero-order valence-corrected chi connectivity index (χ0v) is 11.1. The number of aromatic nitrogens is 1. The minimum atomic E-state index is -0.931. The maximum absolute atomic E-state index is 11.8. The molecule has 0 saturated heterocycles. The number of hydrogen-bond acceptors (Lipinski definition) is 4. The van der Waals surface area contributed by atoms with Crippen LogP contribution in [0, 0.1) is 0 Å². The van der Waals surface area contributed by atoms with Gasteiger partial charge in [0.15, 0.2) is 5.13 Å². The lowest BCUT2D eigenvalue weighted by Crippen LogP contribution is -2.33. The molecule has 2 aromatic rings. The summed E-state index contributed by atoms with van der Waals surface area (Å²) in [5.41, 5.74) is 0.830. The van der Waals surface area contributed by atoms with Gasteiger partial charge in [-0.05, 0) is 12.1 Å². The van der Waals surface area contributed by atoms with E-state index >= 15 is 0 Å². The van der Waals surface area contributed by atoms with Crippen molar-refractivity contribution < 1.29 is 14.7 Å². The van der Waals surface area contributed by atoms with E-state index in [-0.39, 0.29) is 19.0 Å². The van der Waals surface area contributed by atoms with Crippen LogP contribution in [0.4, 0.5) is 9.93 Å². The van der Waals surface area contributed by atoms with Crippen molar-refractivity contribution in [1.29, 1.82) is 0 Å². The molecule has 100 valence electrons. The zero-order valence-electron chi connectivity index (χ0n) is 10.3. The van der Waals surface area contributed by atoms with E-state index in [2.05, 4.69) is 10.3 Å². The minimum Gasteiger partial charge on any atom is -0.481 e. The Morgan fingerprint density at radius 2 is 2.16 bits per heavy atom. The third kappa shape index (κ3) is 3.41. The predicted molar refractivity (Wildman–Crippen MR) is 73.5 cm³/mol. The Hall–Kier alpha value is -2.15. The third-order valence-electron chi connectivity index (χ3n) is 2.52. The lowest BCUT2D eigenvalue weighted by atomic mass is 10.3. The van der Waals surface area contributed by atoms with Crippen LogP contribution in [-0.4, -0.2) is 40.6 Å². The molecule has 1 aromatic heterocycles. The van der Waals surface area contributed by atoms with E-state index in [4.69, 9.17) is 5.11 Å². The monoisotopic (exact) mass is 279 g/mol. The molecule has 0 unspecified atom stereocenters. The fourth-order valence-electron chi connectivity index (χ4n) is 1.48. The summed E-state index contributed by atoms with van der Waals surface area (Å²) in [6, 6.07) is 7.23. The Balaban J connectivity index is 2.00. The van der Waals surface area contributed by atoms with Crippen LogP contribution in [0.3, 0.4) is 0 Å². The van der Waals surface area contributed by atoms with Crippen molar-refractivity contribution >= 4 is 38.7 Å². The Bertz CT molecular complexity index is 578. The number of carboxylic acids is 1. The average molecular weight is 279 g/mol. The Morgan fingerprint density at radius 1 is 1.42 bits per heavy atom. The number of carbonyl (C=O) groups is 2. The van der Waals surface area contributed by atoms with Gasteiger partial charge in [-0.3, -0.25) is 10.1 Å². The summed E-state index contributed by atoms with van der Waals surface area (Å²) in [5.74, 6) is -0.931. The van der Waals surface area contributed by atoms with Crippen molar-refractivity contribution in [2.75, 3.05) is 18.9 Å². The maximum atomic E-state index is 11.8. The van der Waals surface area contributed by atoms with E-state index in [0.29, 0.717) is 5.13 Å². The van der Waals surface area contributed by atoms with Gasteiger partial charge in [-0.1, -0.05) is 23.5 Å². The number of rotatable bonds is 4. The summed E-state index contributed by atoms with van der Waals surface area (Å²) in [6.45, 7) is 0.159. The molecule has 2 amide bonds. The third-order valence-corrected chi connectivity index (χ3v) is 3.47. The number of nitrogens with one attached hydrogen (secondary N) is 1. The predicted octanol–water partition coefficient (Wildman–Crippen LogP) is 2.23. The molecule has 6 nitrogen and oxygen atoms in total. The molecule has 0 aliphatic carbocycles. The van der Waals surface area contributed by atoms with Crippen molar-refractivity contribution in [2.24, 2.45) is 0 Å². The van der Waals surface area contributed by atoms with Crippen LogP contribution >= 0.6 is 11.3 Å². The molecule has 0 spiro atoms. The van der Waals surface area contributed by atoms with Crippen LogP contribution in [0.2, 0.25) is 0 Å². The van der Waals surface area contributed by atoms with Gasteiger partial charge in [0, 0.05) is 13.6 Å². The highest BCUT2D eigenvalue weighted by molar-refractivity contribution is 7.22. The van der Waals surface area contributed by atoms with Crippen molar-refractivity contribution in [3.8, 4) is 0 Å². The summed E-state index contributed by atoms with van der Waals surface area (Å²) in [4.78, 5) is 27.8. The number of amides is 2. The zero-order chi connectivity index (χ0) is 13.8. The molecule has 2 N–H and O–H groups in total. The molecular formula is C12H13N3O3S. The van der Waals surface area contributed by atoms with Gasteiger partial charge >= 0.3 is 12.0 Å². The molecule has 0 saturated carbocycles. The van der Waals surface area contributed by atoms with Gasteiger partial charge in [0.2, 0.25) is 0 Å². The molecule has 0 aliphatic heterocycles. The smallest absolute Gasteiger partial charge is 0.323 e. The van der Waals surface area contributed by atoms with E-state index < -0.39 is 5.97 Å². The van der Waals surface area contributed by atoms with Crippen LogP contribution in [-0.2, 0) is 4.79 Å². The molecule has 0 bridgehead atoms. The first kappa shape index (κ1) is 13.3. The lowest BCUT2D eigenvalue weighted by molar-refractivity contribution is -0.137. The van der Waals surface area contributed by atoms with Crippen LogP contribution < -0.4 is 5.32 Å². The number of thiazole rings is 1. The highest BCUT2D eigenvalue weighted by Crippen LogP contribution is 2.25. The number of fused-ring (bicyclic) bond motifs is 1. The summed E-state index contributed by atoms with van der Waals surface area (Å²) in [5, 5.41) is 11.7. The number of anilines is 1. The van der Waals surface area contributed by atoms with E-state index in [1.807, 2.05) is 24.3 Å². The van der Waals surface area contributed by atoms with Crippen molar-refractivity contribution in [1.82, 2.24) is 9.88 Å². The molecular weight excluding hydrogens is 266 g/mol. The fraction of sp³-hybridized carbons (Fsp3) is 0.250. The first-order chi connectivity index (χ1) is 9.06. The van der Waals surface area contributed by atoms with Crippen LogP contribution in [0.25, 0.3) is 10.2 Å². The molecule has 19 heavy (non-hydrogen) atoms. The Labute approximate surface area is 113 Å². The van der Waals surface area contributed by atoms with E-state index in [0.717, 1.165) is 10.2 Å². The quantitative estimate of drug-likeness (QED) is 0.899. The van der Waals surface area contributed by atoms with Gasteiger partial charge in [0.05, 0.1) is 16.6 Å². The standard InChI is InChI=1S/C12H13N3O3S/c1-15(7-6-10(16)17)12(18)14-11-13-8-4-2-3-5-9(8)19-11/h2-5H,6-7H2,1H3,(H,16,17)(H,13,14,18). The largest absolute Gasteiger partial charge is 0.481 e. The second-order valence-electron chi connectivity index (χ2n) is 3.98. The normalized spacial score (nSPS) is 10.4. The number of para-hydroxylation sites is 1. The van der Waals surface area contributed by atoms with Gasteiger partial charge in [0.1, 0.15) is 0 Å². The van der Waals surface area contributed by atoms with E-state index in [9.17, 15) is 9.59 Å². The van der Waals surface area contributed by atoms with Gasteiger partial charge in [-0.2, -0.15) is 0 Å². The molecule has 7 heteroatoms. The number of urea groups is 1. The molecule has 0 atom stereocenters. The van der Waals surface area contributed by atoms with Crippen LogP contribution in [0.1, 0.15) is 6.42 Å². The molecule has 0 radical (unpaired) electrons. The van der Waals surface area contributed by atoms with Crippen molar-refractivity contribution in [2.45, 2.75) is 6.42 Å². The molecule has 1 aromatic carbocycles. The van der Waals surface area contributed by atoms with Crippen molar-refractivity contribution in [3.63, 3.8) is 0 Å². The summed E-state index contributed by atoms with van der Waals surface area (Å²) < 4.78 is 0.992. The van der Waals surface area contributed by atoms with Gasteiger partial charge in [-0.25, -0.2) is 9.78 Å². The lowest BCUT2D eigenvalue weighted by Gasteiger charge is -2.15. The highest BCUT2D eigenvalue weighted by Gasteiger charge is 2.12. The number of hydrogen-bond donors (Lipinski definition) is 2. The van der Waals surface area contributed by atoms with Crippen LogP contribution in [0.5, 0.6) is 0 Å². The SMILES string of the molecule is CN(CCC(=O)O)C(=O)Nc1nc2ccccc2s1. The molecule has 0 fully saturated rings. The summed E-state index contributed by atoms with van der Waals surface area (Å²) in [6.07, 6.45) is -0.0796. The average Bonchev–Trinajstić information content (AvgIpc) is 2.77. The number of carboxylic acid groups (broad SMARTS) is 1. The molecule has 2 rings (SSSR count). The first-order valence-corrected chi connectivity index (χ1v) is 6.47. The summed E-state index contributed by atoms with van der Waals surface area (Å²) in [7, 11) is 1.55. The molecule has 0 aliphatic rings. The van der Waals surface area contributed by atoms with Gasteiger partial charge in [-0.15, -0.1) is 0 Å². The number of carbonyl (C=O) groups excluding carboxylic acids is 1. The minimum absolute atomic E-state index is 0.0796. The molecule has 1 heterocycles. The van der Waals surface area contributed by atoms with Crippen molar-refractivity contribution in [3.05, 3.63) is 24.3 Å². The summed E-state index contributed by atoms with van der Waals surface area (Å²) >= 11 is 1.38. The Kier molecular flexibility index (Phi) is 3.96.